The van der Waals surface area contributed by atoms with Crippen molar-refractivity contribution in [3.8, 4) is 0 Å². The van der Waals surface area contributed by atoms with E-state index in [-0.39, 0.29) is 5.91 Å². The Kier molecular flexibility index (Phi) is 4.53. The number of nitrogens with one attached hydrogen (secondary N) is 2. The second-order valence-corrected chi connectivity index (χ2v) is 6.35. The Morgan fingerprint density at radius 1 is 0.952 bits per heavy atom. The minimum atomic E-state index is -0.405. The molecule has 2 rings (SSSR count). The molecule has 4 heteroatoms. The first-order valence-corrected chi connectivity index (χ1v) is 7.16. The van der Waals surface area contributed by atoms with Gasteiger partial charge in [-0.15, -0.1) is 0 Å². The van der Waals surface area contributed by atoms with Gasteiger partial charge in [0.25, 0.3) is 0 Å². The summed E-state index contributed by atoms with van der Waals surface area (Å²) < 4.78 is 0. The summed E-state index contributed by atoms with van der Waals surface area (Å²) in [5.41, 5.74) is 2.24. The predicted octanol–water partition coefficient (Wildman–Crippen LogP) is 5.07. The Balaban J connectivity index is 2.04. The number of carbonyl (C=O) groups excluding carboxylic acids is 1. The summed E-state index contributed by atoms with van der Waals surface area (Å²) in [6, 6.07) is 15.1. The van der Waals surface area contributed by atoms with Crippen molar-refractivity contribution in [1.29, 1.82) is 0 Å². The lowest BCUT2D eigenvalue weighted by atomic mass is 9.95. The summed E-state index contributed by atoms with van der Waals surface area (Å²) in [6.07, 6.45) is 0. The topological polar surface area (TPSA) is 41.1 Å². The monoisotopic (exact) mass is 302 g/mol. The molecule has 2 aromatic carbocycles. The predicted molar refractivity (Wildman–Crippen MR) is 89.3 cm³/mol. The van der Waals surface area contributed by atoms with Crippen molar-refractivity contribution in [2.75, 3.05) is 10.6 Å². The van der Waals surface area contributed by atoms with Crippen LogP contribution in [0, 0.1) is 5.41 Å². The van der Waals surface area contributed by atoms with E-state index < -0.39 is 5.41 Å². The molecule has 3 nitrogen and oxygen atoms in total. The molecular weight excluding hydrogens is 284 g/mol. The molecule has 0 saturated carbocycles. The maximum atomic E-state index is 11.9. The molecule has 0 radical (unpaired) electrons. The molecule has 1 amide bonds. The third kappa shape index (κ3) is 4.50. The average Bonchev–Trinajstić information content (AvgIpc) is 2.40. The minimum absolute atomic E-state index is 0.00181. The molecule has 0 aliphatic heterocycles. The number of carbonyl (C=O) groups is 1. The Hall–Kier alpha value is -2.00. The van der Waals surface area contributed by atoms with Crippen molar-refractivity contribution in [2.24, 2.45) is 5.41 Å². The van der Waals surface area contributed by atoms with Crippen molar-refractivity contribution < 1.29 is 4.79 Å². The molecule has 0 aliphatic carbocycles. The summed E-state index contributed by atoms with van der Waals surface area (Å²) in [6.45, 7) is 5.66. The highest BCUT2D eigenvalue weighted by molar-refractivity contribution is 6.30. The molecule has 0 spiro atoms. The smallest absolute Gasteiger partial charge is 0.229 e. The van der Waals surface area contributed by atoms with Crippen LogP contribution in [0.15, 0.2) is 48.5 Å². The molecule has 0 atom stereocenters. The Morgan fingerprint density at radius 3 is 2.14 bits per heavy atom. The average molecular weight is 303 g/mol. The van der Waals surface area contributed by atoms with Crippen LogP contribution in [0.25, 0.3) is 0 Å². The van der Waals surface area contributed by atoms with E-state index in [1.807, 2.05) is 69.3 Å². The lowest BCUT2D eigenvalue weighted by Gasteiger charge is -2.17. The van der Waals surface area contributed by atoms with E-state index in [4.69, 9.17) is 11.6 Å². The largest absolute Gasteiger partial charge is 0.355 e. The van der Waals surface area contributed by atoms with Gasteiger partial charge in [-0.3, -0.25) is 4.79 Å². The maximum Gasteiger partial charge on any atom is 0.229 e. The van der Waals surface area contributed by atoms with Gasteiger partial charge in [-0.1, -0.05) is 38.4 Å². The van der Waals surface area contributed by atoms with E-state index in [0.717, 1.165) is 17.1 Å². The Morgan fingerprint density at radius 2 is 1.57 bits per heavy atom. The van der Waals surface area contributed by atoms with E-state index in [0.29, 0.717) is 5.02 Å². The van der Waals surface area contributed by atoms with Gasteiger partial charge in [0.05, 0.1) is 0 Å². The third-order valence-corrected chi connectivity index (χ3v) is 3.17. The van der Waals surface area contributed by atoms with Crippen LogP contribution >= 0.6 is 11.6 Å². The molecule has 2 N–H and O–H groups in total. The van der Waals surface area contributed by atoms with Crippen molar-refractivity contribution in [3.63, 3.8) is 0 Å². The molecule has 0 unspecified atom stereocenters. The van der Waals surface area contributed by atoms with Gasteiger partial charge >= 0.3 is 0 Å². The number of anilines is 3. The quantitative estimate of drug-likeness (QED) is 0.831. The first kappa shape index (κ1) is 15.4. The zero-order valence-electron chi connectivity index (χ0n) is 12.4. The van der Waals surface area contributed by atoms with Crippen LogP contribution < -0.4 is 10.6 Å². The van der Waals surface area contributed by atoms with E-state index in [9.17, 15) is 4.79 Å². The summed E-state index contributed by atoms with van der Waals surface area (Å²) in [4.78, 5) is 11.9. The van der Waals surface area contributed by atoms with E-state index >= 15 is 0 Å². The van der Waals surface area contributed by atoms with E-state index in [2.05, 4.69) is 10.6 Å². The summed E-state index contributed by atoms with van der Waals surface area (Å²) in [5.74, 6) is -0.00181. The molecule has 0 aromatic heterocycles. The van der Waals surface area contributed by atoms with Crippen LogP contribution in [0.2, 0.25) is 5.02 Å². The van der Waals surface area contributed by atoms with Gasteiger partial charge in [-0.2, -0.15) is 0 Å². The molecule has 0 aliphatic rings. The van der Waals surface area contributed by atoms with Crippen LogP contribution in [0.4, 0.5) is 17.1 Å². The highest BCUT2D eigenvalue weighted by atomic mass is 35.5. The number of amides is 1. The molecule has 0 saturated heterocycles. The van der Waals surface area contributed by atoms with Crippen LogP contribution in [-0.2, 0) is 4.79 Å². The zero-order chi connectivity index (χ0) is 15.5. The Labute approximate surface area is 130 Å². The SMILES string of the molecule is CC(C)(C)C(=O)Nc1ccc(Nc2cccc(Cl)c2)cc1. The van der Waals surface area contributed by atoms with Gasteiger partial charge in [0.1, 0.15) is 0 Å². The normalized spacial score (nSPS) is 11.0. The number of rotatable bonds is 3. The first-order valence-electron chi connectivity index (χ1n) is 6.79. The molecule has 0 heterocycles. The number of halogens is 1. The standard InChI is InChI=1S/C17H19ClN2O/c1-17(2,3)16(21)20-14-9-7-13(8-10-14)19-15-6-4-5-12(18)11-15/h4-11,19H,1-3H3,(H,20,21). The van der Waals surface area contributed by atoms with Gasteiger partial charge in [0, 0.05) is 27.5 Å². The van der Waals surface area contributed by atoms with Crippen molar-refractivity contribution in [1.82, 2.24) is 0 Å². The van der Waals surface area contributed by atoms with Crippen molar-refractivity contribution >= 4 is 34.6 Å². The molecule has 0 fully saturated rings. The third-order valence-electron chi connectivity index (χ3n) is 2.94. The minimum Gasteiger partial charge on any atom is -0.355 e. The fourth-order valence-corrected chi connectivity index (χ4v) is 1.88. The summed E-state index contributed by atoms with van der Waals surface area (Å²) in [7, 11) is 0. The lowest BCUT2D eigenvalue weighted by molar-refractivity contribution is -0.123. The van der Waals surface area contributed by atoms with Gasteiger partial charge in [0.15, 0.2) is 0 Å². The lowest BCUT2D eigenvalue weighted by Crippen LogP contribution is -2.27. The van der Waals surface area contributed by atoms with Gasteiger partial charge in [0.2, 0.25) is 5.91 Å². The fourth-order valence-electron chi connectivity index (χ4n) is 1.69. The second kappa shape index (κ2) is 6.19. The van der Waals surface area contributed by atoms with Crippen molar-refractivity contribution in [3.05, 3.63) is 53.6 Å². The molecule has 0 bridgehead atoms. The van der Waals surface area contributed by atoms with Gasteiger partial charge in [-0.05, 0) is 42.5 Å². The second-order valence-electron chi connectivity index (χ2n) is 5.92. The Bertz CT molecular complexity index is 630. The highest BCUT2D eigenvalue weighted by Crippen LogP contribution is 2.22. The van der Waals surface area contributed by atoms with Crippen LogP contribution in [0.3, 0.4) is 0 Å². The molecule has 21 heavy (non-hydrogen) atoms. The number of hydrogen-bond donors (Lipinski definition) is 2. The first-order chi connectivity index (χ1) is 9.84. The number of benzene rings is 2. The van der Waals surface area contributed by atoms with Crippen LogP contribution in [0.1, 0.15) is 20.8 Å². The van der Waals surface area contributed by atoms with E-state index in [1.165, 1.54) is 0 Å². The summed E-state index contributed by atoms with van der Waals surface area (Å²) >= 11 is 5.95. The van der Waals surface area contributed by atoms with Gasteiger partial charge < -0.3 is 10.6 Å². The summed E-state index contributed by atoms with van der Waals surface area (Å²) in [5, 5.41) is 6.84. The van der Waals surface area contributed by atoms with Crippen molar-refractivity contribution in [2.45, 2.75) is 20.8 Å². The molecule has 2 aromatic rings. The van der Waals surface area contributed by atoms with Crippen LogP contribution in [0.5, 0.6) is 0 Å². The maximum absolute atomic E-state index is 11.9. The number of hydrogen-bond acceptors (Lipinski definition) is 2. The van der Waals surface area contributed by atoms with Crippen LogP contribution in [-0.4, -0.2) is 5.91 Å². The molecule has 110 valence electrons. The van der Waals surface area contributed by atoms with E-state index in [1.54, 1.807) is 0 Å². The highest BCUT2D eigenvalue weighted by Gasteiger charge is 2.20. The molecular formula is C17H19ClN2O. The van der Waals surface area contributed by atoms with Gasteiger partial charge in [-0.25, -0.2) is 0 Å². The zero-order valence-corrected chi connectivity index (χ0v) is 13.2. The fraction of sp³-hybridized carbons (Fsp3) is 0.235.